The van der Waals surface area contributed by atoms with Gasteiger partial charge in [0, 0.05) is 12.1 Å². The van der Waals surface area contributed by atoms with E-state index in [0.29, 0.717) is 38.3 Å². The van der Waals surface area contributed by atoms with Gasteiger partial charge in [-0.2, -0.15) is 0 Å². The summed E-state index contributed by atoms with van der Waals surface area (Å²) in [7, 11) is 1.88. The average molecular weight is 344 g/mol. The first-order valence-electron chi connectivity index (χ1n) is 8.31. The van der Waals surface area contributed by atoms with E-state index in [2.05, 4.69) is 10.6 Å². The van der Waals surface area contributed by atoms with Crippen LogP contribution in [0.15, 0.2) is 18.2 Å². The molecular formula is C17H20N4O4. The molecule has 1 aromatic rings. The number of aryl methyl sites for hydroxylation is 1. The fourth-order valence-corrected chi connectivity index (χ4v) is 3.51. The van der Waals surface area contributed by atoms with Crippen molar-refractivity contribution in [3.8, 4) is 5.75 Å². The topological polar surface area (TPSA) is 91.0 Å². The molecule has 0 saturated carbocycles. The number of likely N-dealkylation sites (N-methyl/N-ethyl adjacent to an activating group) is 1. The fraction of sp³-hybridized carbons (Fsp3) is 0.471. The first kappa shape index (κ1) is 15.9. The molecule has 2 fully saturated rings. The van der Waals surface area contributed by atoms with Crippen molar-refractivity contribution in [3.63, 3.8) is 0 Å². The summed E-state index contributed by atoms with van der Waals surface area (Å²) < 4.78 is 5.60. The fourth-order valence-electron chi connectivity index (χ4n) is 3.51. The van der Waals surface area contributed by atoms with Crippen molar-refractivity contribution in [3.05, 3.63) is 23.8 Å². The zero-order valence-corrected chi connectivity index (χ0v) is 14.0. The molecule has 132 valence electrons. The Morgan fingerprint density at radius 3 is 2.80 bits per heavy atom. The van der Waals surface area contributed by atoms with Gasteiger partial charge in [0.05, 0.1) is 19.8 Å². The standard InChI is InChI=1S/C17H20N4O4/c1-20-10-18-16(24)17(20)8-21(9-17)15(23)7-25-12-3-4-13-11(6-12)2-5-14(22)19-13/h3-4,6H,2,5,7-10H2,1H3,(H,18,24)(H,19,22). The largest absolute Gasteiger partial charge is 0.484 e. The highest BCUT2D eigenvalue weighted by molar-refractivity contribution is 5.94. The van der Waals surface area contributed by atoms with Gasteiger partial charge in [-0.3, -0.25) is 19.3 Å². The number of likely N-dealkylation sites (tertiary alicyclic amines) is 1. The first-order chi connectivity index (χ1) is 12.0. The second-order valence-electron chi connectivity index (χ2n) is 6.80. The molecule has 8 heteroatoms. The zero-order chi connectivity index (χ0) is 17.6. The van der Waals surface area contributed by atoms with Gasteiger partial charge < -0.3 is 20.3 Å². The molecule has 4 rings (SSSR count). The van der Waals surface area contributed by atoms with Crippen LogP contribution >= 0.6 is 0 Å². The van der Waals surface area contributed by atoms with E-state index in [9.17, 15) is 14.4 Å². The Bertz CT molecular complexity index is 757. The number of hydrogen-bond acceptors (Lipinski definition) is 5. The lowest BCUT2D eigenvalue weighted by atomic mass is 9.88. The lowest BCUT2D eigenvalue weighted by molar-refractivity contribution is -0.151. The Hall–Kier alpha value is -2.61. The van der Waals surface area contributed by atoms with Crippen LogP contribution < -0.4 is 15.4 Å². The van der Waals surface area contributed by atoms with Crippen LogP contribution in [0.25, 0.3) is 0 Å². The smallest absolute Gasteiger partial charge is 0.260 e. The number of hydrogen-bond donors (Lipinski definition) is 2. The second-order valence-corrected chi connectivity index (χ2v) is 6.80. The highest BCUT2D eigenvalue weighted by Crippen LogP contribution is 2.30. The molecule has 1 spiro atoms. The van der Waals surface area contributed by atoms with Gasteiger partial charge >= 0.3 is 0 Å². The first-order valence-corrected chi connectivity index (χ1v) is 8.31. The molecule has 0 radical (unpaired) electrons. The third kappa shape index (κ3) is 2.62. The Balaban J connectivity index is 1.33. The van der Waals surface area contributed by atoms with E-state index in [1.807, 2.05) is 18.0 Å². The van der Waals surface area contributed by atoms with Crippen LogP contribution in [0.3, 0.4) is 0 Å². The van der Waals surface area contributed by atoms with E-state index < -0.39 is 5.54 Å². The summed E-state index contributed by atoms with van der Waals surface area (Å²) in [5.41, 5.74) is 1.24. The van der Waals surface area contributed by atoms with E-state index in [1.165, 1.54) is 0 Å². The van der Waals surface area contributed by atoms with Gasteiger partial charge in [-0.25, -0.2) is 0 Å². The molecule has 3 heterocycles. The molecule has 0 unspecified atom stereocenters. The van der Waals surface area contributed by atoms with Gasteiger partial charge in [-0.05, 0) is 37.2 Å². The van der Waals surface area contributed by atoms with Crippen LogP contribution in [0.1, 0.15) is 12.0 Å². The summed E-state index contributed by atoms with van der Waals surface area (Å²) in [6.07, 6.45) is 1.13. The zero-order valence-electron chi connectivity index (χ0n) is 14.0. The molecule has 0 bridgehead atoms. The van der Waals surface area contributed by atoms with Crippen molar-refractivity contribution in [2.45, 2.75) is 18.4 Å². The molecule has 1 aromatic carbocycles. The summed E-state index contributed by atoms with van der Waals surface area (Å²) >= 11 is 0. The maximum absolute atomic E-state index is 12.3. The predicted molar refractivity (Wildman–Crippen MR) is 89.0 cm³/mol. The second kappa shape index (κ2) is 5.73. The third-order valence-electron chi connectivity index (χ3n) is 5.22. The minimum Gasteiger partial charge on any atom is -0.484 e. The number of amides is 3. The van der Waals surface area contributed by atoms with Gasteiger partial charge in [-0.15, -0.1) is 0 Å². The van der Waals surface area contributed by atoms with Crippen molar-refractivity contribution in [1.82, 2.24) is 15.1 Å². The number of rotatable bonds is 3. The molecule has 3 aliphatic rings. The Labute approximate surface area is 145 Å². The quantitative estimate of drug-likeness (QED) is 0.775. The normalized spacial score (nSPS) is 21.4. The number of anilines is 1. The van der Waals surface area contributed by atoms with Gasteiger partial charge in [0.1, 0.15) is 11.3 Å². The molecule has 3 aliphatic heterocycles. The molecule has 0 aromatic heterocycles. The SMILES string of the molecule is CN1CNC(=O)C12CN(C(=O)COc1ccc3c(c1)CCC(=O)N3)C2. The molecular weight excluding hydrogens is 324 g/mol. The van der Waals surface area contributed by atoms with Gasteiger partial charge in [0.15, 0.2) is 6.61 Å². The lowest BCUT2D eigenvalue weighted by Crippen LogP contribution is -2.72. The Morgan fingerprint density at radius 1 is 1.28 bits per heavy atom. The summed E-state index contributed by atoms with van der Waals surface area (Å²) in [4.78, 5) is 39.2. The maximum Gasteiger partial charge on any atom is 0.260 e. The van der Waals surface area contributed by atoms with Crippen molar-refractivity contribution in [1.29, 1.82) is 0 Å². The highest BCUT2D eigenvalue weighted by Gasteiger charge is 2.56. The summed E-state index contributed by atoms with van der Waals surface area (Å²) in [6.45, 7) is 1.25. The minimum atomic E-state index is -0.570. The number of nitrogens with one attached hydrogen (secondary N) is 2. The van der Waals surface area contributed by atoms with Crippen LogP contribution in [-0.4, -0.2) is 66.5 Å². The van der Waals surface area contributed by atoms with Crippen LogP contribution in [0, 0.1) is 0 Å². The summed E-state index contributed by atoms with van der Waals surface area (Å²) in [5.74, 6) is 0.472. The number of nitrogens with zero attached hydrogens (tertiary/aromatic N) is 2. The van der Waals surface area contributed by atoms with Crippen LogP contribution in [0.2, 0.25) is 0 Å². The van der Waals surface area contributed by atoms with Crippen LogP contribution in [0.4, 0.5) is 5.69 Å². The van der Waals surface area contributed by atoms with Gasteiger partial charge in [0.2, 0.25) is 11.8 Å². The van der Waals surface area contributed by atoms with E-state index >= 15 is 0 Å². The van der Waals surface area contributed by atoms with Gasteiger partial charge in [-0.1, -0.05) is 0 Å². The molecule has 25 heavy (non-hydrogen) atoms. The molecule has 0 aliphatic carbocycles. The monoisotopic (exact) mass is 344 g/mol. The van der Waals surface area contributed by atoms with E-state index in [4.69, 9.17) is 4.74 Å². The maximum atomic E-state index is 12.3. The van der Waals surface area contributed by atoms with E-state index in [1.54, 1.807) is 17.0 Å². The summed E-state index contributed by atoms with van der Waals surface area (Å²) in [6, 6.07) is 5.40. The van der Waals surface area contributed by atoms with E-state index in [0.717, 1.165) is 11.3 Å². The Kier molecular flexibility index (Phi) is 3.64. The number of benzene rings is 1. The van der Waals surface area contributed by atoms with Crippen LogP contribution in [0.5, 0.6) is 5.75 Å². The lowest BCUT2D eigenvalue weighted by Gasteiger charge is -2.48. The number of carbonyl (C=O) groups excluding carboxylic acids is 3. The molecule has 0 atom stereocenters. The predicted octanol–water partition coefficient (Wildman–Crippen LogP) is -0.450. The third-order valence-corrected chi connectivity index (χ3v) is 5.22. The van der Waals surface area contributed by atoms with Gasteiger partial charge in [0.25, 0.3) is 5.91 Å². The minimum absolute atomic E-state index is 0.0169. The average Bonchev–Trinajstić information content (AvgIpc) is 2.86. The Morgan fingerprint density at radius 2 is 2.08 bits per heavy atom. The number of fused-ring (bicyclic) bond motifs is 1. The van der Waals surface area contributed by atoms with Crippen molar-refractivity contribution >= 4 is 23.4 Å². The molecule has 8 nitrogen and oxygen atoms in total. The molecule has 3 amide bonds. The highest BCUT2D eigenvalue weighted by atomic mass is 16.5. The van der Waals surface area contributed by atoms with Crippen molar-refractivity contribution in [2.24, 2.45) is 0 Å². The van der Waals surface area contributed by atoms with E-state index in [-0.39, 0.29) is 24.3 Å². The number of ether oxygens (including phenoxy) is 1. The van der Waals surface area contributed by atoms with Crippen molar-refractivity contribution in [2.75, 3.05) is 38.7 Å². The van der Waals surface area contributed by atoms with Crippen LogP contribution in [-0.2, 0) is 20.8 Å². The summed E-state index contributed by atoms with van der Waals surface area (Å²) in [5, 5.41) is 5.61. The number of carbonyl (C=O) groups is 3. The van der Waals surface area contributed by atoms with Crippen molar-refractivity contribution < 1.29 is 19.1 Å². The molecule has 2 N–H and O–H groups in total. The molecule has 2 saturated heterocycles.